The molecule has 1 aromatic carbocycles. The molecule has 106 valence electrons. The molecule has 20 heavy (non-hydrogen) atoms. The summed E-state index contributed by atoms with van der Waals surface area (Å²) in [4.78, 5) is 16.5. The molecule has 0 aliphatic heterocycles. The van der Waals surface area contributed by atoms with Crippen molar-refractivity contribution in [2.75, 3.05) is 0 Å². The number of rotatable bonds is 3. The second-order valence-corrected chi connectivity index (χ2v) is 7.14. The minimum atomic E-state index is -0.832. The predicted molar refractivity (Wildman–Crippen MR) is 82.6 cm³/mol. The van der Waals surface area contributed by atoms with Crippen LogP contribution in [0.15, 0.2) is 24.3 Å². The van der Waals surface area contributed by atoms with E-state index in [4.69, 9.17) is 16.7 Å². The van der Waals surface area contributed by atoms with Crippen LogP contribution in [-0.2, 0) is 16.6 Å². The van der Waals surface area contributed by atoms with Crippen molar-refractivity contribution in [3.05, 3.63) is 39.9 Å². The third-order valence-corrected chi connectivity index (χ3v) is 4.17. The van der Waals surface area contributed by atoms with Crippen LogP contribution in [0.2, 0.25) is 5.02 Å². The minimum absolute atomic E-state index is 0.0118. The average molecular weight is 310 g/mol. The highest BCUT2D eigenvalue weighted by Gasteiger charge is 2.24. The topological polar surface area (TPSA) is 50.2 Å². The fourth-order valence-electron chi connectivity index (χ4n) is 1.91. The molecule has 0 bridgehead atoms. The number of hydrogen-bond acceptors (Lipinski definition) is 3. The number of aliphatic carboxylic acids is 1. The summed E-state index contributed by atoms with van der Waals surface area (Å²) < 4.78 is 0. The van der Waals surface area contributed by atoms with Gasteiger partial charge in [-0.05, 0) is 12.1 Å². The molecule has 3 nitrogen and oxygen atoms in total. The Morgan fingerprint density at radius 3 is 2.40 bits per heavy atom. The number of carbonyl (C=O) groups is 1. The zero-order chi connectivity index (χ0) is 14.9. The molecule has 1 N–H and O–H groups in total. The molecule has 5 heteroatoms. The number of aromatic nitrogens is 1. The quantitative estimate of drug-likeness (QED) is 0.915. The van der Waals surface area contributed by atoms with E-state index in [1.807, 2.05) is 45.0 Å². The Balaban J connectivity index is 2.48. The normalized spacial score (nSPS) is 11.6. The molecule has 0 aliphatic carbocycles. The molecule has 1 heterocycles. The van der Waals surface area contributed by atoms with Crippen molar-refractivity contribution in [2.45, 2.75) is 32.6 Å². The molecule has 0 fully saturated rings. The van der Waals surface area contributed by atoms with E-state index in [2.05, 4.69) is 4.98 Å². The van der Waals surface area contributed by atoms with Crippen LogP contribution in [0.25, 0.3) is 10.6 Å². The van der Waals surface area contributed by atoms with E-state index in [0.717, 1.165) is 21.1 Å². The fourth-order valence-corrected chi connectivity index (χ4v) is 3.31. The molecular weight excluding hydrogens is 294 g/mol. The Kier molecular flexibility index (Phi) is 4.16. The van der Waals surface area contributed by atoms with Crippen LogP contribution in [0.1, 0.15) is 31.3 Å². The molecule has 0 saturated heterocycles. The van der Waals surface area contributed by atoms with E-state index in [9.17, 15) is 4.79 Å². The number of hydrogen-bond donors (Lipinski definition) is 1. The van der Waals surface area contributed by atoms with Gasteiger partial charge in [-0.3, -0.25) is 4.79 Å². The first-order chi connectivity index (χ1) is 9.27. The van der Waals surface area contributed by atoms with Crippen LogP contribution < -0.4 is 0 Å². The van der Waals surface area contributed by atoms with Crippen LogP contribution in [0.4, 0.5) is 0 Å². The summed E-state index contributed by atoms with van der Waals surface area (Å²) in [7, 11) is 0. The summed E-state index contributed by atoms with van der Waals surface area (Å²) in [6.45, 7) is 6.12. The minimum Gasteiger partial charge on any atom is -0.481 e. The molecule has 2 rings (SSSR count). The maximum Gasteiger partial charge on any atom is 0.308 e. The second kappa shape index (κ2) is 5.54. The van der Waals surface area contributed by atoms with E-state index < -0.39 is 5.97 Å². The lowest BCUT2D eigenvalue weighted by Crippen LogP contribution is -2.15. The lowest BCUT2D eigenvalue weighted by molar-refractivity contribution is -0.136. The Morgan fingerprint density at radius 1 is 1.30 bits per heavy atom. The van der Waals surface area contributed by atoms with Crippen LogP contribution >= 0.6 is 22.9 Å². The van der Waals surface area contributed by atoms with Crippen molar-refractivity contribution < 1.29 is 9.90 Å². The molecule has 0 unspecified atom stereocenters. The second-order valence-electron chi connectivity index (χ2n) is 5.62. The highest BCUT2D eigenvalue weighted by Crippen LogP contribution is 2.35. The van der Waals surface area contributed by atoms with Crippen LogP contribution in [0, 0.1) is 0 Å². The third kappa shape index (κ3) is 3.38. The zero-order valence-corrected chi connectivity index (χ0v) is 13.2. The number of carboxylic acid groups (broad SMARTS) is 1. The van der Waals surface area contributed by atoms with Gasteiger partial charge >= 0.3 is 5.97 Å². The highest BCUT2D eigenvalue weighted by atomic mass is 35.5. The maximum absolute atomic E-state index is 11.0. The molecule has 1 aromatic heterocycles. The Bertz CT molecular complexity index is 626. The summed E-state index contributed by atoms with van der Waals surface area (Å²) in [5, 5.41) is 10.5. The molecule has 0 spiro atoms. The molecule has 0 saturated carbocycles. The summed E-state index contributed by atoms with van der Waals surface area (Å²) in [6, 6.07) is 7.42. The molecule has 0 atom stereocenters. The van der Waals surface area contributed by atoms with E-state index in [1.165, 1.54) is 11.3 Å². The van der Waals surface area contributed by atoms with Crippen molar-refractivity contribution in [2.24, 2.45) is 0 Å². The van der Waals surface area contributed by atoms with Gasteiger partial charge in [-0.15, -0.1) is 11.3 Å². The number of benzene rings is 1. The molecule has 0 amide bonds. The lowest BCUT2D eigenvalue weighted by Gasteiger charge is -2.16. The van der Waals surface area contributed by atoms with E-state index in [0.29, 0.717) is 5.02 Å². The van der Waals surface area contributed by atoms with Crippen LogP contribution in [-0.4, -0.2) is 16.1 Å². The molecule has 2 aromatic rings. The van der Waals surface area contributed by atoms with Crippen LogP contribution in [0.5, 0.6) is 0 Å². The van der Waals surface area contributed by atoms with Gasteiger partial charge in [0.1, 0.15) is 5.01 Å². The van der Waals surface area contributed by atoms with Gasteiger partial charge < -0.3 is 5.11 Å². The van der Waals surface area contributed by atoms with E-state index in [-0.39, 0.29) is 11.8 Å². The van der Waals surface area contributed by atoms with Gasteiger partial charge in [0.05, 0.1) is 12.1 Å². The summed E-state index contributed by atoms with van der Waals surface area (Å²) >= 11 is 7.32. The van der Waals surface area contributed by atoms with Gasteiger partial charge in [-0.25, -0.2) is 4.98 Å². The standard InChI is InChI=1S/C15H16ClNO2S/c1-15(2,3)13-11(8-12(18)19)20-14(17-13)9-4-6-10(16)7-5-9/h4-7H,8H2,1-3H3,(H,18,19). The van der Waals surface area contributed by atoms with Crippen molar-refractivity contribution in [1.29, 1.82) is 0 Å². The fraction of sp³-hybridized carbons (Fsp3) is 0.333. The van der Waals surface area contributed by atoms with E-state index >= 15 is 0 Å². The highest BCUT2D eigenvalue weighted by molar-refractivity contribution is 7.15. The first-order valence-electron chi connectivity index (χ1n) is 6.25. The van der Waals surface area contributed by atoms with Crippen molar-refractivity contribution in [3.63, 3.8) is 0 Å². The number of halogens is 1. The van der Waals surface area contributed by atoms with Gasteiger partial charge in [-0.2, -0.15) is 0 Å². The molecule has 0 radical (unpaired) electrons. The summed E-state index contributed by atoms with van der Waals surface area (Å²) in [5.41, 5.74) is 1.64. The van der Waals surface area contributed by atoms with Gasteiger partial charge in [0, 0.05) is 20.9 Å². The summed E-state index contributed by atoms with van der Waals surface area (Å²) in [6.07, 6.45) is 0.0118. The predicted octanol–water partition coefficient (Wildman–Crippen LogP) is 4.39. The molecular formula is C15H16ClNO2S. The zero-order valence-electron chi connectivity index (χ0n) is 11.6. The monoisotopic (exact) mass is 309 g/mol. The Hall–Kier alpha value is -1.39. The van der Waals surface area contributed by atoms with Gasteiger partial charge in [0.25, 0.3) is 0 Å². The van der Waals surface area contributed by atoms with Gasteiger partial charge in [0.2, 0.25) is 0 Å². The largest absolute Gasteiger partial charge is 0.481 e. The molecule has 0 aliphatic rings. The first kappa shape index (κ1) is 15.0. The van der Waals surface area contributed by atoms with Crippen molar-refractivity contribution >= 4 is 28.9 Å². The Morgan fingerprint density at radius 2 is 1.90 bits per heavy atom. The SMILES string of the molecule is CC(C)(C)c1nc(-c2ccc(Cl)cc2)sc1CC(=O)O. The van der Waals surface area contributed by atoms with Crippen molar-refractivity contribution in [3.8, 4) is 10.6 Å². The smallest absolute Gasteiger partial charge is 0.308 e. The van der Waals surface area contributed by atoms with E-state index in [1.54, 1.807) is 0 Å². The maximum atomic E-state index is 11.0. The number of thiazole rings is 1. The van der Waals surface area contributed by atoms with Gasteiger partial charge in [0.15, 0.2) is 0 Å². The first-order valence-corrected chi connectivity index (χ1v) is 7.45. The average Bonchev–Trinajstić information content (AvgIpc) is 2.72. The third-order valence-electron chi connectivity index (χ3n) is 2.81. The van der Waals surface area contributed by atoms with Crippen molar-refractivity contribution in [1.82, 2.24) is 4.98 Å². The van der Waals surface area contributed by atoms with Crippen LogP contribution in [0.3, 0.4) is 0 Å². The Labute approximate surface area is 127 Å². The lowest BCUT2D eigenvalue weighted by atomic mass is 9.91. The number of carboxylic acids is 1. The number of nitrogens with zero attached hydrogens (tertiary/aromatic N) is 1. The van der Waals surface area contributed by atoms with Gasteiger partial charge in [-0.1, -0.05) is 44.5 Å². The summed E-state index contributed by atoms with van der Waals surface area (Å²) in [5.74, 6) is -0.832.